The largest absolute Gasteiger partial charge is 0.381 e. The van der Waals surface area contributed by atoms with Crippen LogP contribution in [0.5, 0.6) is 0 Å². The van der Waals surface area contributed by atoms with E-state index in [-0.39, 0.29) is 0 Å². The zero-order valence-electron chi connectivity index (χ0n) is 13.8. The fraction of sp³-hybridized carbons (Fsp3) is 1.00. The van der Waals surface area contributed by atoms with Crippen LogP contribution >= 0.6 is 0 Å². The third-order valence-electron chi connectivity index (χ3n) is 4.97. The molecule has 2 atom stereocenters. The van der Waals surface area contributed by atoms with Crippen molar-refractivity contribution in [1.29, 1.82) is 0 Å². The highest BCUT2D eigenvalue weighted by Gasteiger charge is 2.37. The lowest BCUT2D eigenvalue weighted by molar-refractivity contribution is -0.0285. The Bertz CT molecular complexity index is 274. The van der Waals surface area contributed by atoms with E-state index in [1.54, 1.807) is 0 Å². The Morgan fingerprint density at radius 1 is 1.35 bits per heavy atom. The van der Waals surface area contributed by atoms with Gasteiger partial charge in [-0.05, 0) is 51.1 Å². The first-order valence-electron chi connectivity index (χ1n) is 8.68. The number of hydrogen-bond acceptors (Lipinski definition) is 3. The number of rotatable bonds is 7. The smallest absolute Gasteiger partial charge is 0.0546 e. The fourth-order valence-electron chi connectivity index (χ4n) is 3.85. The molecular weight excluding hydrogens is 248 g/mol. The molecule has 3 heteroatoms. The molecule has 2 fully saturated rings. The molecule has 2 rings (SSSR count). The van der Waals surface area contributed by atoms with Gasteiger partial charge >= 0.3 is 0 Å². The average molecular weight is 282 g/mol. The van der Waals surface area contributed by atoms with Crippen molar-refractivity contribution in [3.05, 3.63) is 0 Å². The van der Waals surface area contributed by atoms with Gasteiger partial charge in [0.15, 0.2) is 0 Å². The summed E-state index contributed by atoms with van der Waals surface area (Å²) in [5.41, 5.74) is 0.352. The topological polar surface area (TPSA) is 24.5 Å². The maximum atomic E-state index is 5.86. The molecule has 3 nitrogen and oxygen atoms in total. The molecule has 0 aliphatic carbocycles. The van der Waals surface area contributed by atoms with Gasteiger partial charge in [0.2, 0.25) is 0 Å². The van der Waals surface area contributed by atoms with E-state index in [2.05, 4.69) is 31.0 Å². The standard InChI is InChI=1S/C17H34N2O/c1-4-16-7-5-9-19(16)13-17(8-6-10-20-14-17)12-18-11-15(2)3/h15-16,18H,4-14H2,1-3H3. The van der Waals surface area contributed by atoms with Gasteiger partial charge in [-0.3, -0.25) is 4.90 Å². The van der Waals surface area contributed by atoms with Gasteiger partial charge in [0.05, 0.1) is 6.61 Å². The van der Waals surface area contributed by atoms with Crippen LogP contribution in [0.2, 0.25) is 0 Å². The Hall–Kier alpha value is -0.120. The normalized spacial score (nSPS) is 32.1. The summed E-state index contributed by atoms with van der Waals surface area (Å²) < 4.78 is 5.86. The lowest BCUT2D eigenvalue weighted by atomic mass is 9.81. The number of nitrogens with one attached hydrogen (secondary N) is 1. The summed E-state index contributed by atoms with van der Waals surface area (Å²) in [5, 5.41) is 3.70. The minimum absolute atomic E-state index is 0.352. The van der Waals surface area contributed by atoms with E-state index in [1.807, 2.05) is 0 Å². The van der Waals surface area contributed by atoms with Gasteiger partial charge in [0.25, 0.3) is 0 Å². The van der Waals surface area contributed by atoms with Crippen LogP contribution in [0.1, 0.15) is 52.9 Å². The molecule has 0 radical (unpaired) electrons. The molecule has 2 aliphatic rings. The van der Waals surface area contributed by atoms with Crippen LogP contribution in [-0.2, 0) is 4.74 Å². The van der Waals surface area contributed by atoms with Crippen LogP contribution in [0.3, 0.4) is 0 Å². The lowest BCUT2D eigenvalue weighted by Crippen LogP contribution is -2.50. The zero-order chi connectivity index (χ0) is 14.4. The lowest BCUT2D eigenvalue weighted by Gasteiger charge is -2.41. The summed E-state index contributed by atoms with van der Waals surface area (Å²) >= 11 is 0. The number of likely N-dealkylation sites (tertiary alicyclic amines) is 1. The maximum absolute atomic E-state index is 5.86. The highest BCUT2D eigenvalue weighted by Crippen LogP contribution is 2.32. The molecular formula is C17H34N2O. The highest BCUT2D eigenvalue weighted by molar-refractivity contribution is 4.91. The summed E-state index contributed by atoms with van der Waals surface area (Å²) in [6.07, 6.45) is 6.64. The second kappa shape index (κ2) is 7.77. The van der Waals surface area contributed by atoms with E-state index in [4.69, 9.17) is 4.74 Å². The van der Waals surface area contributed by atoms with Crippen molar-refractivity contribution in [3.63, 3.8) is 0 Å². The first-order valence-corrected chi connectivity index (χ1v) is 8.68. The van der Waals surface area contributed by atoms with Crippen LogP contribution in [-0.4, -0.2) is 50.3 Å². The second-order valence-corrected chi connectivity index (χ2v) is 7.36. The molecule has 2 unspecified atom stereocenters. The van der Waals surface area contributed by atoms with E-state index in [9.17, 15) is 0 Å². The third kappa shape index (κ3) is 4.44. The van der Waals surface area contributed by atoms with Crippen LogP contribution in [0.15, 0.2) is 0 Å². The third-order valence-corrected chi connectivity index (χ3v) is 4.97. The molecule has 0 bridgehead atoms. The Morgan fingerprint density at radius 3 is 2.85 bits per heavy atom. The minimum atomic E-state index is 0.352. The molecule has 2 aliphatic heterocycles. The summed E-state index contributed by atoms with van der Waals surface area (Å²) in [4.78, 5) is 2.74. The quantitative estimate of drug-likeness (QED) is 0.777. The summed E-state index contributed by atoms with van der Waals surface area (Å²) in [7, 11) is 0. The molecule has 1 N–H and O–H groups in total. The van der Waals surface area contributed by atoms with E-state index in [1.165, 1.54) is 45.2 Å². The van der Waals surface area contributed by atoms with Gasteiger partial charge in [0.1, 0.15) is 0 Å². The summed E-state index contributed by atoms with van der Waals surface area (Å²) in [6, 6.07) is 0.818. The molecule has 2 heterocycles. The molecule has 0 aromatic heterocycles. The van der Waals surface area contributed by atoms with E-state index in [0.29, 0.717) is 5.41 Å². The minimum Gasteiger partial charge on any atom is -0.381 e. The van der Waals surface area contributed by atoms with Gasteiger partial charge in [0, 0.05) is 31.2 Å². The molecule has 118 valence electrons. The van der Waals surface area contributed by atoms with Crippen molar-refractivity contribution >= 4 is 0 Å². The van der Waals surface area contributed by atoms with Crippen LogP contribution < -0.4 is 5.32 Å². The number of ether oxygens (including phenoxy) is 1. The molecule has 0 saturated carbocycles. The number of hydrogen-bond donors (Lipinski definition) is 1. The maximum Gasteiger partial charge on any atom is 0.0546 e. The van der Waals surface area contributed by atoms with Gasteiger partial charge < -0.3 is 10.1 Å². The van der Waals surface area contributed by atoms with Gasteiger partial charge in [-0.25, -0.2) is 0 Å². The van der Waals surface area contributed by atoms with Crippen molar-refractivity contribution in [2.24, 2.45) is 11.3 Å². The Morgan fingerprint density at radius 2 is 2.20 bits per heavy atom. The SMILES string of the molecule is CCC1CCCN1CC1(CNCC(C)C)CCCOC1. The Balaban J connectivity index is 1.91. The first kappa shape index (κ1) is 16.3. The van der Waals surface area contributed by atoms with Crippen molar-refractivity contribution < 1.29 is 4.74 Å². The van der Waals surface area contributed by atoms with Crippen LogP contribution in [0, 0.1) is 11.3 Å². The fourth-order valence-corrected chi connectivity index (χ4v) is 3.85. The molecule has 0 spiro atoms. The Labute approximate surface area is 125 Å². The van der Waals surface area contributed by atoms with Gasteiger partial charge in [-0.15, -0.1) is 0 Å². The molecule has 2 saturated heterocycles. The first-order chi connectivity index (χ1) is 9.65. The van der Waals surface area contributed by atoms with Crippen molar-refractivity contribution in [3.8, 4) is 0 Å². The molecule has 0 aromatic carbocycles. The summed E-state index contributed by atoms with van der Waals surface area (Å²) in [5.74, 6) is 0.728. The average Bonchev–Trinajstić information content (AvgIpc) is 2.86. The van der Waals surface area contributed by atoms with E-state index in [0.717, 1.165) is 38.3 Å². The Kier molecular flexibility index (Phi) is 6.31. The van der Waals surface area contributed by atoms with Gasteiger partial charge in [-0.1, -0.05) is 20.8 Å². The second-order valence-electron chi connectivity index (χ2n) is 7.36. The monoisotopic (exact) mass is 282 g/mol. The summed E-state index contributed by atoms with van der Waals surface area (Å²) in [6.45, 7) is 13.6. The van der Waals surface area contributed by atoms with Gasteiger partial charge in [-0.2, -0.15) is 0 Å². The van der Waals surface area contributed by atoms with Crippen LogP contribution in [0.4, 0.5) is 0 Å². The molecule has 0 aromatic rings. The number of nitrogens with zero attached hydrogens (tertiary/aromatic N) is 1. The van der Waals surface area contributed by atoms with Crippen molar-refractivity contribution in [1.82, 2.24) is 10.2 Å². The zero-order valence-corrected chi connectivity index (χ0v) is 13.8. The van der Waals surface area contributed by atoms with E-state index < -0.39 is 0 Å². The van der Waals surface area contributed by atoms with Crippen molar-refractivity contribution in [2.45, 2.75) is 58.9 Å². The van der Waals surface area contributed by atoms with Crippen LogP contribution in [0.25, 0.3) is 0 Å². The molecule has 0 amide bonds. The predicted octanol–water partition coefficient (Wildman–Crippen LogP) is 2.90. The molecule has 20 heavy (non-hydrogen) atoms. The highest BCUT2D eigenvalue weighted by atomic mass is 16.5. The van der Waals surface area contributed by atoms with Crippen molar-refractivity contribution in [2.75, 3.05) is 39.4 Å². The predicted molar refractivity (Wildman–Crippen MR) is 85.1 cm³/mol. The van der Waals surface area contributed by atoms with E-state index >= 15 is 0 Å².